The molecule has 1 aliphatic heterocycles. The monoisotopic (exact) mass is 566 g/mol. The number of H-pyrrole nitrogens is 2. The highest BCUT2D eigenvalue weighted by atomic mass is 19.1. The van der Waals surface area contributed by atoms with Crippen LogP contribution in [-0.4, -0.2) is 78.5 Å². The number of aromatic nitrogens is 3. The Hall–Kier alpha value is -4.33. The molecule has 0 aliphatic carbocycles. The van der Waals surface area contributed by atoms with Crippen molar-refractivity contribution < 1.29 is 29.3 Å². The van der Waals surface area contributed by atoms with Gasteiger partial charge in [0.1, 0.15) is 23.4 Å². The van der Waals surface area contributed by atoms with Crippen LogP contribution in [0.4, 0.5) is 10.1 Å². The number of benzene rings is 2. The second-order valence-electron chi connectivity index (χ2n) is 10.2. The van der Waals surface area contributed by atoms with Crippen LogP contribution < -0.4 is 16.6 Å². The van der Waals surface area contributed by atoms with Crippen molar-refractivity contribution in [1.82, 2.24) is 25.2 Å². The molecule has 2 aromatic heterocycles. The minimum Gasteiger partial charge on any atom is -0.397 e. The maximum atomic E-state index is 14.4. The van der Waals surface area contributed by atoms with Crippen molar-refractivity contribution >= 4 is 39.4 Å². The number of hydrogen-bond donors (Lipinski definition) is 7. The molecule has 1 aliphatic rings. The lowest BCUT2D eigenvalue weighted by Gasteiger charge is -2.22. The molecule has 4 aromatic rings. The Morgan fingerprint density at radius 2 is 1.98 bits per heavy atom. The molecule has 2 amide bonds. The number of pyridine rings is 1. The number of carbonyl (C=O) groups excluding carboxylic acids is 2. The predicted octanol–water partition coefficient (Wildman–Crippen LogP) is 1.36. The van der Waals surface area contributed by atoms with Gasteiger partial charge in [0.15, 0.2) is 0 Å². The molecule has 1 unspecified atom stereocenters. The number of imidazole rings is 1. The lowest BCUT2D eigenvalue weighted by molar-refractivity contribution is -0.140. The van der Waals surface area contributed by atoms with E-state index >= 15 is 0 Å². The highest BCUT2D eigenvalue weighted by Gasteiger charge is 2.28. The van der Waals surface area contributed by atoms with E-state index in [4.69, 9.17) is 5.73 Å². The van der Waals surface area contributed by atoms with Crippen molar-refractivity contribution in [2.24, 2.45) is 0 Å². The molecule has 1 saturated heterocycles. The molecule has 3 heterocycles. The van der Waals surface area contributed by atoms with E-state index in [-0.39, 0.29) is 59.7 Å². The number of hydrogen-bond acceptors (Lipinski definition) is 8. The Kier molecular flexibility index (Phi) is 8.01. The number of anilines is 1. The summed E-state index contributed by atoms with van der Waals surface area (Å²) in [4.78, 5) is 49.0. The van der Waals surface area contributed by atoms with Gasteiger partial charge in [0.25, 0.3) is 11.5 Å². The van der Waals surface area contributed by atoms with E-state index in [1.807, 2.05) is 0 Å². The van der Waals surface area contributed by atoms with Gasteiger partial charge in [0.2, 0.25) is 5.91 Å². The molecule has 0 radical (unpaired) electrons. The third-order valence-corrected chi connectivity index (χ3v) is 7.27. The number of rotatable bonds is 9. The first-order valence-electron chi connectivity index (χ1n) is 13.3. The summed E-state index contributed by atoms with van der Waals surface area (Å²) in [5, 5.41) is 33.0. The second kappa shape index (κ2) is 11.6. The fourth-order valence-corrected chi connectivity index (χ4v) is 5.17. The molecular weight excluding hydrogens is 535 g/mol. The molecule has 0 saturated carbocycles. The van der Waals surface area contributed by atoms with Crippen LogP contribution in [0.1, 0.15) is 42.5 Å². The molecule has 0 spiro atoms. The van der Waals surface area contributed by atoms with Crippen LogP contribution in [0, 0.1) is 5.82 Å². The Balaban J connectivity index is 1.20. The summed E-state index contributed by atoms with van der Waals surface area (Å²) in [6.45, 7) is 0.565. The van der Waals surface area contributed by atoms with Gasteiger partial charge in [-0.05, 0) is 56.0 Å². The molecule has 5 rings (SSSR count). The van der Waals surface area contributed by atoms with Crippen LogP contribution in [0.5, 0.6) is 0 Å². The van der Waals surface area contributed by atoms with Gasteiger partial charge in [0.05, 0.1) is 46.3 Å². The van der Waals surface area contributed by atoms with Crippen molar-refractivity contribution in [3.8, 4) is 11.4 Å². The normalized spacial score (nSPS) is 16.8. The number of aromatic amines is 2. The van der Waals surface area contributed by atoms with Gasteiger partial charge in [-0.25, -0.2) is 9.37 Å². The van der Waals surface area contributed by atoms with Crippen molar-refractivity contribution in [3.05, 3.63) is 58.1 Å². The molecule has 3 atom stereocenters. The zero-order chi connectivity index (χ0) is 29.3. The van der Waals surface area contributed by atoms with Crippen LogP contribution in [0.3, 0.4) is 0 Å². The highest BCUT2D eigenvalue weighted by molar-refractivity contribution is 6.00. The van der Waals surface area contributed by atoms with Crippen LogP contribution in [0.25, 0.3) is 33.3 Å². The average molecular weight is 567 g/mol. The van der Waals surface area contributed by atoms with E-state index in [0.717, 1.165) is 0 Å². The first-order chi connectivity index (χ1) is 19.6. The number of aliphatic hydroxyl groups excluding tert-OH is 3. The number of nitrogens with zero attached hydrogens (tertiary/aromatic N) is 2. The van der Waals surface area contributed by atoms with E-state index in [1.54, 1.807) is 24.3 Å². The van der Waals surface area contributed by atoms with Crippen molar-refractivity contribution in [2.45, 2.75) is 50.5 Å². The lowest BCUT2D eigenvalue weighted by Crippen LogP contribution is -2.37. The number of amides is 2. The van der Waals surface area contributed by atoms with Crippen molar-refractivity contribution in [1.29, 1.82) is 0 Å². The van der Waals surface area contributed by atoms with Gasteiger partial charge in [0, 0.05) is 18.7 Å². The third kappa shape index (κ3) is 5.92. The van der Waals surface area contributed by atoms with Gasteiger partial charge < -0.3 is 41.2 Å². The quantitative estimate of drug-likeness (QED) is 0.157. The van der Waals surface area contributed by atoms with Gasteiger partial charge in [-0.1, -0.05) is 6.07 Å². The average Bonchev–Trinajstić information content (AvgIpc) is 3.53. The summed E-state index contributed by atoms with van der Waals surface area (Å²) in [5.41, 5.74) is 7.04. The van der Waals surface area contributed by atoms with Crippen LogP contribution in [0.2, 0.25) is 0 Å². The predicted molar refractivity (Wildman–Crippen MR) is 149 cm³/mol. The first kappa shape index (κ1) is 28.2. The number of likely N-dealkylation sites (tertiary alicyclic amines) is 1. The number of halogens is 1. The fourth-order valence-electron chi connectivity index (χ4n) is 5.17. The fraction of sp³-hybridized carbons (Fsp3) is 0.357. The van der Waals surface area contributed by atoms with Crippen LogP contribution in [0.15, 0.2) is 41.2 Å². The molecule has 12 nitrogen and oxygen atoms in total. The van der Waals surface area contributed by atoms with Gasteiger partial charge in [-0.15, -0.1) is 0 Å². The largest absolute Gasteiger partial charge is 0.397 e. The van der Waals surface area contributed by atoms with E-state index in [9.17, 15) is 34.1 Å². The van der Waals surface area contributed by atoms with Crippen molar-refractivity contribution in [2.75, 3.05) is 18.8 Å². The van der Waals surface area contributed by atoms with Crippen LogP contribution >= 0.6 is 0 Å². The van der Waals surface area contributed by atoms with E-state index in [1.165, 1.54) is 17.0 Å². The summed E-state index contributed by atoms with van der Waals surface area (Å²) >= 11 is 0. The first-order valence-corrected chi connectivity index (χ1v) is 13.3. The van der Waals surface area contributed by atoms with Gasteiger partial charge in [-0.3, -0.25) is 14.4 Å². The second-order valence-corrected chi connectivity index (χ2v) is 10.2. The topological polar surface area (TPSA) is 198 Å². The summed E-state index contributed by atoms with van der Waals surface area (Å²) in [6.07, 6.45) is -1.72. The number of aliphatic hydroxyl groups is 3. The zero-order valence-corrected chi connectivity index (χ0v) is 22.1. The Labute approximate surface area is 233 Å². The van der Waals surface area contributed by atoms with E-state index < -0.39 is 35.7 Å². The third-order valence-electron chi connectivity index (χ3n) is 7.27. The Morgan fingerprint density at radius 3 is 2.73 bits per heavy atom. The molecule has 0 bridgehead atoms. The highest BCUT2D eigenvalue weighted by Crippen LogP contribution is 2.30. The molecule has 216 valence electrons. The standard InChI is InChI=1S/C28H31FN6O6/c29-17-3-1-4-19-23(17)25(30)24(28(41)34-19)26-32-18-7-6-14(11-20(18)33-26)27(40)31-9-8-15(36)12-16(37)13-22(39)35-10-2-5-21(35)38/h1,3-4,6-7,11,15-16,21,36-38H,2,5,8-10,12-13H2,(H,31,40)(H,32,33)(H3,30,34,41)/t15-,16-,21?/m1/s1. The lowest BCUT2D eigenvalue weighted by atomic mass is 10.1. The number of nitrogen functional groups attached to an aromatic ring is 1. The molecule has 2 aromatic carbocycles. The Bertz CT molecular complexity index is 1670. The minimum absolute atomic E-state index is 0.0146. The number of carbonyl (C=O) groups is 2. The molecule has 41 heavy (non-hydrogen) atoms. The SMILES string of the molecule is Nc1c(-c2nc3ccc(C(=O)NCC[C@@H](O)C[C@@H](O)CC(=O)N4CCCC4O)cc3[nH]2)c(=O)[nH]c2cccc(F)c12. The number of fused-ring (bicyclic) bond motifs is 2. The zero-order valence-electron chi connectivity index (χ0n) is 22.1. The number of nitrogens with two attached hydrogens (primary N) is 1. The summed E-state index contributed by atoms with van der Waals surface area (Å²) in [6, 6.07) is 8.95. The van der Waals surface area contributed by atoms with Crippen LogP contribution in [-0.2, 0) is 4.79 Å². The van der Waals surface area contributed by atoms with E-state index in [2.05, 4.69) is 20.3 Å². The van der Waals surface area contributed by atoms with E-state index in [0.29, 0.717) is 36.0 Å². The van der Waals surface area contributed by atoms with Crippen molar-refractivity contribution in [3.63, 3.8) is 0 Å². The molecule has 13 heteroatoms. The smallest absolute Gasteiger partial charge is 0.261 e. The molecule has 1 fully saturated rings. The maximum absolute atomic E-state index is 14.4. The maximum Gasteiger partial charge on any atom is 0.261 e. The van der Waals surface area contributed by atoms with Gasteiger partial charge >= 0.3 is 0 Å². The summed E-state index contributed by atoms with van der Waals surface area (Å²) in [5.74, 6) is -1.23. The van der Waals surface area contributed by atoms with Gasteiger partial charge in [-0.2, -0.15) is 0 Å². The molecule has 8 N–H and O–H groups in total. The summed E-state index contributed by atoms with van der Waals surface area (Å²) < 4.78 is 14.4. The minimum atomic E-state index is -1.07. The Morgan fingerprint density at radius 1 is 1.17 bits per heavy atom. The molecular formula is C28H31FN6O6. The summed E-state index contributed by atoms with van der Waals surface area (Å²) in [7, 11) is 0. The number of nitrogens with one attached hydrogen (secondary N) is 3.